The number of benzene rings is 2. The van der Waals surface area contributed by atoms with Gasteiger partial charge in [-0.05, 0) is 50.5 Å². The lowest BCUT2D eigenvalue weighted by Crippen LogP contribution is -1.97. The molecule has 2 aromatic carbocycles. The molecule has 0 radical (unpaired) electrons. The van der Waals surface area contributed by atoms with Crippen molar-refractivity contribution in [1.82, 2.24) is 9.38 Å². The second kappa shape index (κ2) is 6.35. The van der Waals surface area contributed by atoms with Crippen LogP contribution in [-0.2, 0) is 6.42 Å². The predicted octanol–water partition coefficient (Wildman–Crippen LogP) is 6.27. The number of pyridine rings is 1. The summed E-state index contributed by atoms with van der Waals surface area (Å²) in [7, 11) is 0. The first-order chi connectivity index (χ1) is 12.5. The quantitative estimate of drug-likeness (QED) is 0.313. The molecule has 134 valence electrons. The van der Waals surface area contributed by atoms with Crippen molar-refractivity contribution < 1.29 is 8.78 Å². The third kappa shape index (κ3) is 2.56. The lowest BCUT2D eigenvalue weighted by atomic mass is 10.00. The van der Waals surface area contributed by atoms with Crippen molar-refractivity contribution in [2.24, 2.45) is 0 Å². The molecule has 4 rings (SSSR count). The summed E-state index contributed by atoms with van der Waals surface area (Å²) < 4.78 is 30.7. The molecular weight excluding hydrogens is 330 g/mol. The number of halogens is 2. The lowest BCUT2D eigenvalue weighted by molar-refractivity contribution is 0.592. The second-order valence-electron chi connectivity index (χ2n) is 7.06. The molecule has 0 saturated carbocycles. The van der Waals surface area contributed by atoms with E-state index in [0.717, 1.165) is 41.2 Å². The van der Waals surface area contributed by atoms with E-state index in [1.54, 1.807) is 0 Å². The summed E-state index contributed by atoms with van der Waals surface area (Å²) >= 11 is 0. The topological polar surface area (TPSA) is 17.3 Å². The van der Waals surface area contributed by atoms with Gasteiger partial charge < -0.3 is 0 Å². The highest BCUT2D eigenvalue weighted by molar-refractivity contribution is 6.12. The van der Waals surface area contributed by atoms with Gasteiger partial charge in [-0.3, -0.25) is 4.40 Å². The molecule has 4 aromatic rings. The number of nitrogens with zero attached hydrogens (tertiary/aromatic N) is 2. The fourth-order valence-corrected chi connectivity index (χ4v) is 3.82. The van der Waals surface area contributed by atoms with E-state index in [1.165, 1.54) is 24.5 Å². The largest absolute Gasteiger partial charge is 0.296 e. The molecule has 0 saturated heterocycles. The number of aryl methyl sites for hydroxylation is 3. The van der Waals surface area contributed by atoms with Crippen LogP contribution < -0.4 is 0 Å². The van der Waals surface area contributed by atoms with Crippen LogP contribution in [0.5, 0.6) is 0 Å². The van der Waals surface area contributed by atoms with E-state index >= 15 is 0 Å². The van der Waals surface area contributed by atoms with E-state index in [1.807, 2.05) is 24.3 Å². The molecule has 2 heterocycles. The maximum atomic E-state index is 14.8. The van der Waals surface area contributed by atoms with Gasteiger partial charge in [-0.15, -0.1) is 0 Å². The van der Waals surface area contributed by atoms with E-state index in [2.05, 4.69) is 24.0 Å². The fraction of sp³-hybridized carbons (Fsp3) is 0.318. The van der Waals surface area contributed by atoms with Gasteiger partial charge in [0.15, 0.2) is 0 Å². The molecule has 0 aliphatic rings. The Balaban J connectivity index is 2.11. The van der Waals surface area contributed by atoms with Gasteiger partial charge >= 0.3 is 0 Å². The SMILES string of the molecule is CCCCCc1ccc2c(c1)c1c(F)cc(F)cc1c1nc(C)c(C)n21. The number of unbranched alkanes of at least 4 members (excludes halogenated alkanes) is 2. The number of imidazole rings is 1. The molecule has 0 aliphatic carbocycles. The molecule has 2 nitrogen and oxygen atoms in total. The highest BCUT2D eigenvalue weighted by atomic mass is 19.1. The van der Waals surface area contributed by atoms with E-state index in [9.17, 15) is 8.78 Å². The third-order valence-corrected chi connectivity index (χ3v) is 5.28. The first-order valence-corrected chi connectivity index (χ1v) is 9.20. The van der Waals surface area contributed by atoms with Crippen LogP contribution in [0.4, 0.5) is 8.78 Å². The van der Waals surface area contributed by atoms with Gasteiger partial charge in [0, 0.05) is 27.9 Å². The minimum atomic E-state index is -0.575. The van der Waals surface area contributed by atoms with Gasteiger partial charge in [0.05, 0.1) is 11.2 Å². The highest BCUT2D eigenvalue weighted by Gasteiger charge is 2.17. The molecule has 0 spiro atoms. The third-order valence-electron chi connectivity index (χ3n) is 5.28. The maximum Gasteiger partial charge on any atom is 0.145 e. The van der Waals surface area contributed by atoms with Crippen LogP contribution in [0.25, 0.3) is 27.3 Å². The lowest BCUT2D eigenvalue weighted by Gasteiger charge is -2.12. The Morgan fingerprint density at radius 2 is 1.81 bits per heavy atom. The average molecular weight is 352 g/mol. The van der Waals surface area contributed by atoms with Crippen LogP contribution in [0, 0.1) is 25.5 Å². The first-order valence-electron chi connectivity index (χ1n) is 9.20. The smallest absolute Gasteiger partial charge is 0.145 e. The van der Waals surface area contributed by atoms with Crippen molar-refractivity contribution in [3.63, 3.8) is 0 Å². The van der Waals surface area contributed by atoms with Crippen LogP contribution in [-0.4, -0.2) is 9.38 Å². The summed E-state index contributed by atoms with van der Waals surface area (Å²) in [4.78, 5) is 4.59. The minimum absolute atomic E-state index is 0.455. The normalized spacial score (nSPS) is 11.9. The van der Waals surface area contributed by atoms with Gasteiger partial charge in [0.25, 0.3) is 0 Å². The van der Waals surface area contributed by atoms with Gasteiger partial charge in [0.1, 0.15) is 17.3 Å². The van der Waals surface area contributed by atoms with Crippen molar-refractivity contribution in [3.8, 4) is 0 Å². The zero-order valence-corrected chi connectivity index (χ0v) is 15.4. The molecule has 4 heteroatoms. The predicted molar refractivity (Wildman–Crippen MR) is 103 cm³/mol. The minimum Gasteiger partial charge on any atom is -0.296 e. The zero-order chi connectivity index (χ0) is 18.4. The summed E-state index contributed by atoms with van der Waals surface area (Å²) in [5, 5.41) is 1.80. The molecule has 0 atom stereocenters. The number of hydrogen-bond donors (Lipinski definition) is 0. The van der Waals surface area contributed by atoms with Crippen LogP contribution in [0.1, 0.15) is 43.1 Å². The number of hydrogen-bond acceptors (Lipinski definition) is 1. The van der Waals surface area contributed by atoms with Gasteiger partial charge in [-0.1, -0.05) is 25.8 Å². The number of aromatic nitrogens is 2. The second-order valence-corrected chi connectivity index (χ2v) is 7.06. The van der Waals surface area contributed by atoms with Gasteiger partial charge in [-0.2, -0.15) is 0 Å². The van der Waals surface area contributed by atoms with Crippen molar-refractivity contribution in [3.05, 3.63) is 58.9 Å². The van der Waals surface area contributed by atoms with Crippen molar-refractivity contribution in [1.29, 1.82) is 0 Å². The number of fused-ring (bicyclic) bond motifs is 6. The van der Waals surface area contributed by atoms with Gasteiger partial charge in [0.2, 0.25) is 0 Å². The Morgan fingerprint density at radius 3 is 2.58 bits per heavy atom. The van der Waals surface area contributed by atoms with E-state index in [-0.39, 0.29) is 0 Å². The van der Waals surface area contributed by atoms with Crippen LogP contribution in [0.3, 0.4) is 0 Å². The Hall–Kier alpha value is -2.49. The summed E-state index contributed by atoms with van der Waals surface area (Å²) in [5.41, 5.74) is 4.57. The molecule has 0 aliphatic heterocycles. The Kier molecular flexibility index (Phi) is 4.14. The Bertz CT molecular complexity index is 1140. The van der Waals surface area contributed by atoms with E-state index in [4.69, 9.17) is 0 Å². The summed E-state index contributed by atoms with van der Waals surface area (Å²) in [5.74, 6) is -1.11. The monoisotopic (exact) mass is 352 g/mol. The van der Waals surface area contributed by atoms with E-state index in [0.29, 0.717) is 16.4 Å². The summed E-state index contributed by atoms with van der Waals surface area (Å²) in [6, 6.07) is 8.56. The fourth-order valence-electron chi connectivity index (χ4n) is 3.82. The van der Waals surface area contributed by atoms with Gasteiger partial charge in [-0.25, -0.2) is 13.8 Å². The van der Waals surface area contributed by atoms with E-state index < -0.39 is 11.6 Å². The van der Waals surface area contributed by atoms with Crippen LogP contribution in [0.2, 0.25) is 0 Å². The molecule has 0 unspecified atom stereocenters. The van der Waals surface area contributed by atoms with Crippen molar-refractivity contribution in [2.45, 2.75) is 46.5 Å². The highest BCUT2D eigenvalue weighted by Crippen LogP contribution is 2.34. The Morgan fingerprint density at radius 1 is 1.00 bits per heavy atom. The number of rotatable bonds is 4. The van der Waals surface area contributed by atoms with Crippen molar-refractivity contribution in [2.75, 3.05) is 0 Å². The molecule has 0 bridgehead atoms. The van der Waals surface area contributed by atoms with Crippen LogP contribution >= 0.6 is 0 Å². The molecule has 26 heavy (non-hydrogen) atoms. The van der Waals surface area contributed by atoms with Crippen molar-refractivity contribution >= 4 is 27.3 Å². The summed E-state index contributed by atoms with van der Waals surface area (Å²) in [6.07, 6.45) is 4.42. The zero-order valence-electron chi connectivity index (χ0n) is 15.4. The average Bonchev–Trinajstić information content (AvgIpc) is 2.90. The summed E-state index contributed by atoms with van der Waals surface area (Å²) in [6.45, 7) is 6.10. The molecular formula is C22H22F2N2. The first kappa shape index (κ1) is 17.0. The Labute approximate surface area is 151 Å². The molecule has 0 fully saturated rings. The standard InChI is InChI=1S/C22H22F2N2/c1-4-5-6-7-15-8-9-20-17(10-15)21-18(11-16(23)12-19(21)24)22-25-13(2)14(3)26(20)22/h8-12H,4-7H2,1-3H3. The molecule has 0 N–H and O–H groups in total. The molecule has 0 amide bonds. The van der Waals surface area contributed by atoms with Crippen LogP contribution in [0.15, 0.2) is 30.3 Å². The maximum absolute atomic E-state index is 14.8. The molecule has 2 aromatic heterocycles.